The molecule has 2 aromatic carbocycles. The largest absolute Gasteiger partial charge is 1.00 e. The van der Waals surface area contributed by atoms with Crippen molar-refractivity contribution in [3.05, 3.63) is 59.6 Å². The molecule has 0 unspecified atom stereocenters. The van der Waals surface area contributed by atoms with Gasteiger partial charge < -0.3 is 10.5 Å². The zero-order valence-electron chi connectivity index (χ0n) is 11.8. The third-order valence-electron chi connectivity index (χ3n) is 2.86. The smallest absolute Gasteiger partial charge is 0.573 e. The molecule has 1 heterocycles. The first kappa shape index (κ1) is 16.7. The number of benzene rings is 2. The van der Waals surface area contributed by atoms with E-state index in [4.69, 9.17) is 5.73 Å². The molecule has 0 saturated heterocycles. The van der Waals surface area contributed by atoms with Crippen molar-refractivity contribution in [2.45, 2.75) is 4.90 Å². The van der Waals surface area contributed by atoms with Gasteiger partial charge in [-0.2, -0.15) is 0 Å². The van der Waals surface area contributed by atoms with E-state index in [0.29, 0.717) is 22.4 Å². The first-order chi connectivity index (χ1) is 10.0. The Morgan fingerprint density at radius 2 is 1.55 bits per heavy atom. The first-order valence-corrected chi connectivity index (χ1v) is 7.53. The maximum Gasteiger partial charge on any atom is 1.00 e. The van der Waals surface area contributed by atoms with Gasteiger partial charge in [-0.25, -0.2) is 8.42 Å². The van der Waals surface area contributed by atoms with Crippen LogP contribution in [0.2, 0.25) is 0 Å². The van der Waals surface area contributed by atoms with Crippen LogP contribution in [0.1, 0.15) is 0 Å². The average Bonchev–Trinajstić information content (AvgIpc) is 2.47. The van der Waals surface area contributed by atoms with E-state index in [1.807, 2.05) is 0 Å². The van der Waals surface area contributed by atoms with Gasteiger partial charge in [0, 0.05) is 18.1 Å². The quantitative estimate of drug-likeness (QED) is 0.523. The minimum absolute atomic E-state index is 0. The minimum Gasteiger partial charge on any atom is -0.573 e. The molecule has 0 bridgehead atoms. The van der Waals surface area contributed by atoms with Crippen LogP contribution in [0.3, 0.4) is 0 Å². The number of hydrogen-bond donors (Lipinski definition) is 1. The van der Waals surface area contributed by atoms with Gasteiger partial charge in [-0.15, -0.1) is 5.69 Å². The Morgan fingerprint density at radius 3 is 2.23 bits per heavy atom. The molecule has 3 aromatic rings. The number of nitrogens with two attached hydrogens (primary N) is 1. The molecule has 2 N–H and O–H groups in total. The molecule has 0 aliphatic carbocycles. The van der Waals surface area contributed by atoms with Crippen LogP contribution in [-0.4, -0.2) is 18.4 Å². The average molecular weight is 322 g/mol. The molecule has 1 aromatic heterocycles. The molecular formula is C14H11N4NaO2S. The fourth-order valence-electron chi connectivity index (χ4n) is 1.84. The van der Waals surface area contributed by atoms with Gasteiger partial charge in [0.05, 0.1) is 15.9 Å². The van der Waals surface area contributed by atoms with Crippen molar-refractivity contribution in [3.8, 4) is 0 Å². The minimum atomic E-state index is -3.78. The fourth-order valence-corrected chi connectivity index (χ4v) is 2.82. The summed E-state index contributed by atoms with van der Waals surface area (Å²) in [5, 5.41) is 0. The zero-order valence-corrected chi connectivity index (χ0v) is 14.7. The molecule has 0 spiro atoms. The Bertz CT molecular complexity index is 898. The standard InChI is InChI=1S/C14H11N4O2S.Na/c15-10-1-4-12(5-2-10)21(19,20)18-11-3-6-13-14(9-11)17-8-7-16-13;/h1-9H,15H2;/q-1;+1. The van der Waals surface area contributed by atoms with Crippen LogP contribution in [-0.2, 0) is 10.0 Å². The summed E-state index contributed by atoms with van der Waals surface area (Å²) in [6, 6.07) is 10.7. The van der Waals surface area contributed by atoms with E-state index >= 15 is 0 Å². The van der Waals surface area contributed by atoms with Gasteiger partial charge in [-0.3, -0.25) is 9.97 Å². The van der Waals surface area contributed by atoms with E-state index in [0.717, 1.165) is 0 Å². The maximum atomic E-state index is 12.2. The van der Waals surface area contributed by atoms with Crippen LogP contribution in [0, 0.1) is 0 Å². The first-order valence-electron chi connectivity index (χ1n) is 6.09. The van der Waals surface area contributed by atoms with Crippen LogP contribution >= 0.6 is 0 Å². The molecule has 0 fully saturated rings. The van der Waals surface area contributed by atoms with E-state index in [2.05, 4.69) is 14.7 Å². The molecule has 0 aliphatic heterocycles. The predicted octanol–water partition coefficient (Wildman–Crippen LogP) is -0.390. The number of hydrogen-bond acceptors (Lipinski definition) is 5. The molecule has 22 heavy (non-hydrogen) atoms. The van der Waals surface area contributed by atoms with Crippen molar-refractivity contribution < 1.29 is 38.0 Å². The van der Waals surface area contributed by atoms with Crippen LogP contribution in [0.15, 0.2) is 59.8 Å². The SMILES string of the molecule is Nc1ccc(S(=O)(=O)[N-]c2ccc3nccnc3c2)cc1.[Na+]. The van der Waals surface area contributed by atoms with Crippen LogP contribution in [0.5, 0.6) is 0 Å². The predicted molar refractivity (Wildman–Crippen MR) is 80.6 cm³/mol. The fraction of sp³-hybridized carbons (Fsp3) is 0. The Balaban J connectivity index is 0.00000176. The summed E-state index contributed by atoms with van der Waals surface area (Å²) in [6.07, 6.45) is 3.12. The van der Waals surface area contributed by atoms with E-state index in [9.17, 15) is 8.42 Å². The second-order valence-electron chi connectivity index (χ2n) is 4.36. The van der Waals surface area contributed by atoms with Crippen LogP contribution in [0.4, 0.5) is 11.4 Å². The Hall–Kier alpha value is -1.67. The molecule has 0 saturated carbocycles. The zero-order chi connectivity index (χ0) is 14.9. The van der Waals surface area contributed by atoms with Crippen LogP contribution < -0.4 is 35.3 Å². The molecule has 6 nitrogen and oxygen atoms in total. The number of nitrogen functional groups attached to an aromatic ring is 1. The van der Waals surface area contributed by atoms with Crippen LogP contribution in [0.25, 0.3) is 15.8 Å². The number of aromatic nitrogens is 2. The van der Waals surface area contributed by atoms with Gasteiger partial charge in [0.25, 0.3) is 0 Å². The second kappa shape index (κ2) is 6.62. The maximum absolute atomic E-state index is 12.2. The summed E-state index contributed by atoms with van der Waals surface area (Å²) in [5.74, 6) is 0. The van der Waals surface area contributed by atoms with Crippen molar-refractivity contribution in [2.24, 2.45) is 0 Å². The van der Waals surface area contributed by atoms with Gasteiger partial charge in [0.2, 0.25) is 0 Å². The summed E-state index contributed by atoms with van der Waals surface area (Å²) >= 11 is 0. The number of rotatable bonds is 3. The number of anilines is 1. The summed E-state index contributed by atoms with van der Waals surface area (Å²) in [4.78, 5) is 8.33. The van der Waals surface area contributed by atoms with Crippen molar-refractivity contribution in [1.29, 1.82) is 0 Å². The van der Waals surface area contributed by atoms with E-state index in [-0.39, 0.29) is 34.5 Å². The van der Waals surface area contributed by atoms with Gasteiger partial charge >= 0.3 is 29.6 Å². The summed E-state index contributed by atoms with van der Waals surface area (Å²) in [7, 11) is -3.78. The van der Waals surface area contributed by atoms with Crippen molar-refractivity contribution in [2.75, 3.05) is 5.73 Å². The summed E-state index contributed by atoms with van der Waals surface area (Å²) in [6.45, 7) is 0. The Kier molecular flexibility index (Phi) is 5.02. The molecule has 0 atom stereocenters. The Morgan fingerprint density at radius 1 is 0.909 bits per heavy atom. The number of nitrogens with zero attached hydrogens (tertiary/aromatic N) is 3. The number of fused-ring (bicyclic) bond motifs is 1. The third kappa shape index (κ3) is 3.56. The monoisotopic (exact) mass is 322 g/mol. The Labute approximate surface area is 150 Å². The molecule has 3 rings (SSSR count). The van der Waals surface area contributed by atoms with E-state index in [1.165, 1.54) is 24.3 Å². The molecule has 8 heteroatoms. The van der Waals surface area contributed by atoms with Crippen molar-refractivity contribution >= 4 is 32.4 Å². The van der Waals surface area contributed by atoms with E-state index in [1.54, 1.807) is 30.6 Å². The van der Waals surface area contributed by atoms with Crippen molar-refractivity contribution in [1.82, 2.24) is 9.97 Å². The molecule has 0 radical (unpaired) electrons. The van der Waals surface area contributed by atoms with Crippen molar-refractivity contribution in [3.63, 3.8) is 0 Å². The second-order valence-corrected chi connectivity index (χ2v) is 5.97. The summed E-state index contributed by atoms with van der Waals surface area (Å²) < 4.78 is 28.2. The molecule has 106 valence electrons. The molecule has 0 amide bonds. The van der Waals surface area contributed by atoms with Gasteiger partial charge in [0.15, 0.2) is 0 Å². The van der Waals surface area contributed by atoms with Gasteiger partial charge in [-0.1, -0.05) is 6.07 Å². The topological polar surface area (TPSA) is 100 Å². The van der Waals surface area contributed by atoms with Gasteiger partial charge in [0.1, 0.15) is 10.0 Å². The molecular weight excluding hydrogens is 311 g/mol. The number of sulfonamides is 1. The summed E-state index contributed by atoms with van der Waals surface area (Å²) in [5.41, 5.74) is 7.62. The normalized spacial score (nSPS) is 10.9. The third-order valence-corrected chi connectivity index (χ3v) is 4.18. The molecule has 0 aliphatic rings. The van der Waals surface area contributed by atoms with Gasteiger partial charge in [-0.05, 0) is 36.4 Å². The van der Waals surface area contributed by atoms with E-state index < -0.39 is 10.0 Å².